The lowest BCUT2D eigenvalue weighted by atomic mass is 10.0. The molecule has 0 saturated carbocycles. The molecule has 0 spiro atoms. The topological polar surface area (TPSA) is 87.2 Å². The normalized spacial score (nSPS) is 16.0. The molecular weight excluding hydrogens is 528 g/mol. The van der Waals surface area contributed by atoms with E-state index in [-0.39, 0.29) is 35.8 Å². The van der Waals surface area contributed by atoms with Gasteiger partial charge < -0.3 is 25.4 Å². The second kappa shape index (κ2) is 14.5. The minimum absolute atomic E-state index is 0. The third-order valence-corrected chi connectivity index (χ3v) is 4.59. The number of nitrogens with one attached hydrogen (secondary N) is 3. The number of morpholine rings is 1. The van der Waals surface area contributed by atoms with Gasteiger partial charge in [-0.1, -0.05) is 12.1 Å². The number of hydrogen-bond acceptors (Lipinski definition) is 5. The minimum atomic E-state index is -0.525. The Bertz CT molecular complexity index is 707. The zero-order chi connectivity index (χ0) is 22.7. The van der Waals surface area contributed by atoms with Crippen molar-refractivity contribution in [1.82, 2.24) is 20.9 Å². The average Bonchev–Trinajstić information content (AvgIpc) is 2.72. The summed E-state index contributed by atoms with van der Waals surface area (Å²) < 4.78 is 24.1. The van der Waals surface area contributed by atoms with Gasteiger partial charge in [-0.2, -0.15) is 0 Å². The fourth-order valence-electron chi connectivity index (χ4n) is 3.18. The van der Waals surface area contributed by atoms with Crippen LogP contribution in [0.2, 0.25) is 0 Å². The smallest absolute Gasteiger partial charge is 0.407 e. The number of benzene rings is 1. The van der Waals surface area contributed by atoms with Crippen molar-refractivity contribution in [3.63, 3.8) is 0 Å². The Balaban J connectivity index is 0.00000512. The zero-order valence-corrected chi connectivity index (χ0v) is 21.8. The lowest BCUT2D eigenvalue weighted by Gasteiger charge is -2.34. The molecule has 1 amide bonds. The van der Waals surface area contributed by atoms with E-state index in [9.17, 15) is 9.18 Å². The van der Waals surface area contributed by atoms with E-state index < -0.39 is 11.7 Å². The highest BCUT2D eigenvalue weighted by atomic mass is 127. The third kappa shape index (κ3) is 10.8. The Morgan fingerprint density at radius 3 is 2.38 bits per heavy atom. The van der Waals surface area contributed by atoms with Gasteiger partial charge in [-0.15, -0.1) is 24.0 Å². The van der Waals surface area contributed by atoms with Gasteiger partial charge in [-0.3, -0.25) is 9.89 Å². The molecule has 8 nitrogen and oxygen atoms in total. The van der Waals surface area contributed by atoms with Crippen LogP contribution < -0.4 is 16.0 Å². The summed E-state index contributed by atoms with van der Waals surface area (Å²) in [7, 11) is 0. The molecule has 1 aromatic rings. The van der Waals surface area contributed by atoms with E-state index in [4.69, 9.17) is 14.5 Å². The van der Waals surface area contributed by atoms with E-state index in [0.717, 1.165) is 18.7 Å². The maximum absolute atomic E-state index is 13.4. The molecule has 32 heavy (non-hydrogen) atoms. The molecule has 10 heteroatoms. The van der Waals surface area contributed by atoms with E-state index in [0.29, 0.717) is 45.4 Å². The monoisotopic (exact) mass is 565 g/mol. The van der Waals surface area contributed by atoms with Crippen LogP contribution in [0.4, 0.5) is 9.18 Å². The van der Waals surface area contributed by atoms with E-state index in [1.54, 1.807) is 0 Å². The standard InChI is InChI=1S/C22H36FN5O3.HI/c1-5-24-20(25-10-11-26-21(29)31-22(2,3)4)27-16-19(28-12-14-30-15-13-28)17-6-8-18(23)9-7-17;/h6-9,19H,5,10-16H2,1-4H3,(H,26,29)(H2,24,25,27);1H. The van der Waals surface area contributed by atoms with Crippen molar-refractivity contribution >= 4 is 36.0 Å². The molecule has 1 atom stereocenters. The number of carbonyl (C=O) groups excluding carboxylic acids is 1. The summed E-state index contributed by atoms with van der Waals surface area (Å²) >= 11 is 0. The number of amides is 1. The number of aliphatic imine (C=N–C) groups is 1. The van der Waals surface area contributed by atoms with Crippen molar-refractivity contribution in [2.75, 3.05) is 52.5 Å². The Kier molecular flexibility index (Phi) is 12.8. The van der Waals surface area contributed by atoms with Crippen LogP contribution in [-0.4, -0.2) is 75.0 Å². The van der Waals surface area contributed by atoms with Gasteiger partial charge in [0.05, 0.1) is 25.8 Å². The van der Waals surface area contributed by atoms with Crippen LogP contribution >= 0.6 is 24.0 Å². The summed E-state index contributed by atoms with van der Waals surface area (Å²) in [6.07, 6.45) is -0.445. The lowest BCUT2D eigenvalue weighted by molar-refractivity contribution is 0.0179. The summed E-state index contributed by atoms with van der Waals surface area (Å²) in [5.74, 6) is 0.411. The second-order valence-corrected chi connectivity index (χ2v) is 8.29. The average molecular weight is 565 g/mol. The molecule has 0 aliphatic carbocycles. The number of halogens is 2. The number of alkyl carbamates (subject to hydrolysis) is 1. The van der Waals surface area contributed by atoms with Crippen LogP contribution in [-0.2, 0) is 9.47 Å². The highest BCUT2D eigenvalue weighted by Crippen LogP contribution is 2.22. The molecule has 1 aliphatic rings. The quantitative estimate of drug-likeness (QED) is 0.195. The number of rotatable bonds is 8. The second-order valence-electron chi connectivity index (χ2n) is 8.29. The molecule has 1 aliphatic heterocycles. The van der Waals surface area contributed by atoms with Crippen molar-refractivity contribution < 1.29 is 18.7 Å². The van der Waals surface area contributed by atoms with Gasteiger partial charge in [0.1, 0.15) is 11.4 Å². The molecule has 1 aromatic carbocycles. The summed E-state index contributed by atoms with van der Waals surface area (Å²) in [4.78, 5) is 18.8. The molecule has 3 N–H and O–H groups in total. The van der Waals surface area contributed by atoms with Gasteiger partial charge in [0, 0.05) is 32.7 Å². The van der Waals surface area contributed by atoms with E-state index >= 15 is 0 Å². The van der Waals surface area contributed by atoms with Gasteiger partial charge in [-0.25, -0.2) is 9.18 Å². The van der Waals surface area contributed by atoms with Gasteiger partial charge >= 0.3 is 6.09 Å². The Morgan fingerprint density at radius 1 is 1.16 bits per heavy atom. The summed E-state index contributed by atoms with van der Waals surface area (Å²) in [5.41, 5.74) is 0.498. The molecule has 1 fully saturated rings. The first-order valence-corrected chi connectivity index (χ1v) is 10.8. The Labute approximate surface area is 207 Å². The zero-order valence-electron chi connectivity index (χ0n) is 19.4. The highest BCUT2D eigenvalue weighted by Gasteiger charge is 2.22. The van der Waals surface area contributed by atoms with Crippen LogP contribution in [0.5, 0.6) is 0 Å². The first kappa shape index (κ1) is 28.4. The summed E-state index contributed by atoms with van der Waals surface area (Å²) in [6.45, 7) is 12.6. The predicted molar refractivity (Wildman–Crippen MR) is 135 cm³/mol. The van der Waals surface area contributed by atoms with Gasteiger partial charge in [0.15, 0.2) is 5.96 Å². The van der Waals surface area contributed by atoms with Crippen LogP contribution in [0.1, 0.15) is 39.3 Å². The molecule has 1 saturated heterocycles. The predicted octanol–water partition coefficient (Wildman–Crippen LogP) is 2.90. The maximum atomic E-state index is 13.4. The number of guanidine groups is 1. The molecule has 2 rings (SSSR count). The summed E-state index contributed by atoms with van der Waals surface area (Å²) in [6, 6.07) is 6.63. The van der Waals surface area contributed by atoms with E-state index in [1.165, 1.54) is 12.1 Å². The molecule has 0 radical (unpaired) electrons. The summed E-state index contributed by atoms with van der Waals surface area (Å²) in [5, 5.41) is 9.16. The third-order valence-electron chi connectivity index (χ3n) is 4.59. The maximum Gasteiger partial charge on any atom is 0.407 e. The van der Waals surface area contributed by atoms with Crippen molar-refractivity contribution in [1.29, 1.82) is 0 Å². The Hall–Kier alpha value is -1.66. The van der Waals surface area contributed by atoms with Crippen molar-refractivity contribution in [3.8, 4) is 0 Å². The molecule has 182 valence electrons. The van der Waals surface area contributed by atoms with E-state index in [2.05, 4.69) is 20.9 Å². The fourth-order valence-corrected chi connectivity index (χ4v) is 3.18. The number of ether oxygens (including phenoxy) is 2. The van der Waals surface area contributed by atoms with Crippen LogP contribution in [0.25, 0.3) is 0 Å². The van der Waals surface area contributed by atoms with Crippen molar-refractivity contribution in [2.45, 2.75) is 39.3 Å². The first-order chi connectivity index (χ1) is 14.8. The molecular formula is C22H37FIN5O3. The SMILES string of the molecule is CCNC(=NCC(c1ccc(F)cc1)N1CCOCC1)NCCNC(=O)OC(C)(C)C.I. The first-order valence-electron chi connectivity index (χ1n) is 10.8. The van der Waals surface area contributed by atoms with Crippen molar-refractivity contribution in [3.05, 3.63) is 35.6 Å². The molecule has 1 heterocycles. The highest BCUT2D eigenvalue weighted by molar-refractivity contribution is 14.0. The van der Waals surface area contributed by atoms with Gasteiger partial charge in [0.25, 0.3) is 0 Å². The largest absolute Gasteiger partial charge is 0.444 e. The van der Waals surface area contributed by atoms with Crippen molar-refractivity contribution in [2.24, 2.45) is 4.99 Å². The fraction of sp³-hybridized carbons (Fsp3) is 0.636. The Morgan fingerprint density at radius 2 is 1.78 bits per heavy atom. The number of nitrogens with zero attached hydrogens (tertiary/aromatic N) is 2. The molecule has 0 bridgehead atoms. The van der Waals surface area contributed by atoms with E-state index in [1.807, 2.05) is 39.8 Å². The molecule has 1 unspecified atom stereocenters. The number of carbonyl (C=O) groups is 1. The van der Waals surface area contributed by atoms with Crippen LogP contribution in [0, 0.1) is 5.82 Å². The minimum Gasteiger partial charge on any atom is -0.444 e. The number of hydrogen-bond donors (Lipinski definition) is 3. The lowest BCUT2D eigenvalue weighted by Crippen LogP contribution is -2.43. The van der Waals surface area contributed by atoms with Crippen LogP contribution in [0.3, 0.4) is 0 Å². The van der Waals surface area contributed by atoms with Gasteiger partial charge in [-0.05, 0) is 45.4 Å². The van der Waals surface area contributed by atoms with Gasteiger partial charge in [0.2, 0.25) is 0 Å². The molecule has 0 aromatic heterocycles. The van der Waals surface area contributed by atoms with Crippen LogP contribution in [0.15, 0.2) is 29.3 Å².